The number of fused-ring (bicyclic) bond motifs is 1. The lowest BCUT2D eigenvalue weighted by atomic mass is 9.95. The Labute approximate surface area is 198 Å². The molecule has 1 aliphatic heterocycles. The lowest BCUT2D eigenvalue weighted by Gasteiger charge is -2.37. The van der Waals surface area contributed by atoms with Crippen LogP contribution in [0.25, 0.3) is 0 Å². The molecule has 13 heteroatoms. The van der Waals surface area contributed by atoms with Crippen molar-refractivity contribution in [2.24, 2.45) is 10.2 Å². The second kappa shape index (κ2) is 11.1. The number of nitrogens with zero attached hydrogens (tertiary/aromatic N) is 5. The van der Waals surface area contributed by atoms with Crippen molar-refractivity contribution in [3.8, 4) is 0 Å². The normalized spacial score (nSPS) is 16.2. The highest BCUT2D eigenvalue weighted by Gasteiger charge is 2.30. The molecule has 1 unspecified atom stereocenters. The summed E-state index contributed by atoms with van der Waals surface area (Å²) in [6.07, 6.45) is 3.75. The first-order valence-electron chi connectivity index (χ1n) is 10.6. The molecular formula is C20H25F3N6O2S2. The van der Waals surface area contributed by atoms with Gasteiger partial charge in [-0.15, -0.1) is 20.4 Å². The van der Waals surface area contributed by atoms with Crippen LogP contribution in [0.1, 0.15) is 55.4 Å². The zero-order valence-corrected chi connectivity index (χ0v) is 20.1. The van der Waals surface area contributed by atoms with Gasteiger partial charge in [0.25, 0.3) is 5.13 Å². The minimum Gasteiger partial charge on any atom is -0.461 e. The molecule has 0 saturated heterocycles. The third-order valence-electron chi connectivity index (χ3n) is 5.01. The zero-order chi connectivity index (χ0) is 24.0. The number of unbranched alkanes of at least 4 members (excludes halogenated alkanes) is 1. The van der Waals surface area contributed by atoms with Crippen LogP contribution in [0.3, 0.4) is 0 Å². The summed E-state index contributed by atoms with van der Waals surface area (Å²) in [5.74, 6) is -0.615. The largest absolute Gasteiger partial charge is 0.461 e. The molecule has 180 valence electrons. The van der Waals surface area contributed by atoms with Crippen molar-refractivity contribution >= 4 is 51.4 Å². The van der Waals surface area contributed by atoms with E-state index < -0.39 is 11.5 Å². The van der Waals surface area contributed by atoms with Gasteiger partial charge in [-0.2, -0.15) is 13.2 Å². The average molecular weight is 503 g/mol. The summed E-state index contributed by atoms with van der Waals surface area (Å²) in [5.41, 5.74) is -2.10. The molecular weight excluding hydrogens is 477 g/mol. The molecule has 1 aliphatic rings. The smallest absolute Gasteiger partial charge is 0.461 e. The van der Waals surface area contributed by atoms with Crippen molar-refractivity contribution in [3.05, 3.63) is 22.7 Å². The van der Waals surface area contributed by atoms with Gasteiger partial charge in [0.05, 0.1) is 24.2 Å². The first-order valence-corrected chi connectivity index (χ1v) is 12.2. The molecule has 0 radical (unpaired) electrons. The Balaban J connectivity index is 1.92. The Morgan fingerprint density at radius 1 is 1.33 bits per heavy atom. The highest BCUT2D eigenvalue weighted by molar-refractivity contribution is 8.01. The number of carbonyl (C=O) groups is 1. The number of alkyl halides is 3. The third kappa shape index (κ3) is 6.79. The molecule has 1 aromatic carbocycles. The fourth-order valence-corrected chi connectivity index (χ4v) is 4.37. The molecule has 33 heavy (non-hydrogen) atoms. The number of anilines is 2. The summed E-state index contributed by atoms with van der Waals surface area (Å²) >= 11 is 0.541. The van der Waals surface area contributed by atoms with Gasteiger partial charge in [-0.25, -0.2) is 4.79 Å². The van der Waals surface area contributed by atoms with Crippen LogP contribution in [0, 0.1) is 0 Å². The van der Waals surface area contributed by atoms with E-state index in [1.165, 1.54) is 0 Å². The lowest BCUT2D eigenvalue weighted by Crippen LogP contribution is -2.38. The molecule has 2 heterocycles. The number of halogens is 3. The number of esters is 1. The maximum Gasteiger partial charge on any atom is 0.461 e. The van der Waals surface area contributed by atoms with Gasteiger partial charge in [0.2, 0.25) is 5.01 Å². The van der Waals surface area contributed by atoms with Crippen LogP contribution >= 0.6 is 23.3 Å². The van der Waals surface area contributed by atoms with Gasteiger partial charge in [-0.05, 0) is 50.8 Å². The number of rotatable bonds is 9. The quantitative estimate of drug-likeness (QED) is 0.233. The molecule has 2 aromatic rings. The van der Waals surface area contributed by atoms with Crippen LogP contribution in [0.5, 0.6) is 0 Å². The predicted molar refractivity (Wildman–Crippen MR) is 124 cm³/mol. The lowest BCUT2D eigenvalue weighted by molar-refractivity contribution is -0.0323. The molecule has 0 fully saturated rings. The van der Waals surface area contributed by atoms with E-state index in [2.05, 4.69) is 43.9 Å². The first kappa shape index (κ1) is 25.2. The second-order valence-electron chi connectivity index (χ2n) is 7.39. The van der Waals surface area contributed by atoms with Crippen LogP contribution in [-0.4, -0.2) is 40.9 Å². The van der Waals surface area contributed by atoms with Crippen LogP contribution in [-0.2, 0) is 11.2 Å². The van der Waals surface area contributed by atoms with Crippen molar-refractivity contribution in [2.45, 2.75) is 58.0 Å². The molecule has 0 amide bonds. The Hall–Kier alpha value is -2.41. The molecule has 0 bridgehead atoms. The van der Waals surface area contributed by atoms with E-state index in [0.717, 1.165) is 54.8 Å². The van der Waals surface area contributed by atoms with E-state index >= 15 is 0 Å². The minimum absolute atomic E-state index is 0.0303. The van der Waals surface area contributed by atoms with E-state index in [-0.39, 0.29) is 40.1 Å². The van der Waals surface area contributed by atoms with Crippen molar-refractivity contribution in [1.82, 2.24) is 10.2 Å². The fourth-order valence-electron chi connectivity index (χ4n) is 3.42. The number of aryl methyl sites for hydroxylation is 1. The second-order valence-corrected chi connectivity index (χ2v) is 9.22. The van der Waals surface area contributed by atoms with Gasteiger partial charge in [0.1, 0.15) is 5.69 Å². The molecule has 8 nitrogen and oxygen atoms in total. The maximum atomic E-state index is 12.9. The Morgan fingerprint density at radius 3 is 2.82 bits per heavy atom. The number of aromatic nitrogens is 2. The van der Waals surface area contributed by atoms with Gasteiger partial charge in [0, 0.05) is 18.3 Å². The molecule has 1 N–H and O–H groups in total. The molecule has 0 spiro atoms. The van der Waals surface area contributed by atoms with Crippen molar-refractivity contribution < 1.29 is 22.7 Å². The standard InChI is InChI=1S/C20H25F3N6O2S2/c1-4-6-9-29-12(3)7-8-13-10-14(15(11-16(13)29)28-33-20(21,22)23)24-26-19-27-25-17(32-19)18(30)31-5-2/h10-12,28H,4-9H2,1-3H3. The Bertz CT molecular complexity index is 999. The van der Waals surface area contributed by atoms with E-state index in [1.807, 2.05) is 0 Å². The summed E-state index contributed by atoms with van der Waals surface area (Å²) < 4.78 is 45.9. The van der Waals surface area contributed by atoms with Crippen molar-refractivity contribution in [2.75, 3.05) is 22.8 Å². The van der Waals surface area contributed by atoms with Crippen molar-refractivity contribution in [3.63, 3.8) is 0 Å². The minimum atomic E-state index is -4.47. The molecule has 3 rings (SSSR count). The Kier molecular flexibility index (Phi) is 8.51. The van der Waals surface area contributed by atoms with Gasteiger partial charge >= 0.3 is 11.5 Å². The molecule has 0 aliphatic carbocycles. The summed E-state index contributed by atoms with van der Waals surface area (Å²) in [6.45, 7) is 6.93. The fraction of sp³-hybridized carbons (Fsp3) is 0.550. The van der Waals surface area contributed by atoms with E-state index in [1.54, 1.807) is 19.1 Å². The first-order chi connectivity index (χ1) is 15.7. The molecule has 1 atom stereocenters. The number of hydrogen-bond donors (Lipinski definition) is 1. The van der Waals surface area contributed by atoms with Crippen LogP contribution in [0.2, 0.25) is 0 Å². The number of azo groups is 1. The number of benzene rings is 1. The summed E-state index contributed by atoms with van der Waals surface area (Å²) in [7, 11) is 0. The number of hydrogen-bond acceptors (Lipinski definition) is 10. The summed E-state index contributed by atoms with van der Waals surface area (Å²) in [4.78, 5) is 14.0. The summed E-state index contributed by atoms with van der Waals surface area (Å²) in [6, 6.07) is 3.76. The highest BCUT2D eigenvalue weighted by atomic mass is 32.2. The van der Waals surface area contributed by atoms with Gasteiger partial charge in [-0.1, -0.05) is 24.7 Å². The molecule has 1 aromatic heterocycles. The topological polar surface area (TPSA) is 92.1 Å². The van der Waals surface area contributed by atoms with Crippen molar-refractivity contribution in [1.29, 1.82) is 0 Å². The molecule has 0 saturated carbocycles. The third-order valence-corrected chi connectivity index (χ3v) is 6.35. The van der Waals surface area contributed by atoms with Crippen LogP contribution in [0.15, 0.2) is 22.4 Å². The number of carbonyl (C=O) groups excluding carboxylic acids is 1. The van der Waals surface area contributed by atoms with Crippen LogP contribution in [0.4, 0.5) is 35.4 Å². The maximum absolute atomic E-state index is 12.9. The number of ether oxygens (including phenoxy) is 1. The van der Waals surface area contributed by atoms with E-state index in [0.29, 0.717) is 6.04 Å². The van der Waals surface area contributed by atoms with Crippen LogP contribution < -0.4 is 9.62 Å². The predicted octanol–water partition coefficient (Wildman–Crippen LogP) is 6.65. The highest BCUT2D eigenvalue weighted by Crippen LogP contribution is 2.42. The van der Waals surface area contributed by atoms with Gasteiger partial charge < -0.3 is 14.4 Å². The SMILES string of the molecule is CCCCN1c2cc(NSC(F)(F)F)c(N=Nc3nnc(C(=O)OCC)s3)cc2CCC1C. The monoisotopic (exact) mass is 502 g/mol. The van der Waals surface area contributed by atoms with E-state index in [9.17, 15) is 18.0 Å². The zero-order valence-electron chi connectivity index (χ0n) is 18.5. The average Bonchev–Trinajstić information content (AvgIpc) is 3.24. The number of nitrogens with one attached hydrogen (secondary N) is 1. The van der Waals surface area contributed by atoms with Gasteiger partial charge in [0.15, 0.2) is 0 Å². The van der Waals surface area contributed by atoms with Gasteiger partial charge in [-0.3, -0.25) is 0 Å². The Morgan fingerprint density at radius 2 is 2.12 bits per heavy atom. The van der Waals surface area contributed by atoms with E-state index in [4.69, 9.17) is 4.74 Å². The summed E-state index contributed by atoms with van der Waals surface area (Å²) in [5, 5.41) is 15.8.